The lowest BCUT2D eigenvalue weighted by Crippen LogP contribution is -2.20. The lowest BCUT2D eigenvalue weighted by Gasteiger charge is -2.23. The van der Waals surface area contributed by atoms with Gasteiger partial charge in [-0.3, -0.25) is 4.98 Å². The predicted octanol–water partition coefficient (Wildman–Crippen LogP) is 5.34. The summed E-state index contributed by atoms with van der Waals surface area (Å²) in [7, 11) is 0. The molecule has 1 aromatic heterocycles. The van der Waals surface area contributed by atoms with Crippen LogP contribution in [0.4, 0.5) is 8.78 Å². The Morgan fingerprint density at radius 3 is 2.52 bits per heavy atom. The lowest BCUT2D eigenvalue weighted by atomic mass is 9.90. The van der Waals surface area contributed by atoms with Crippen LogP contribution in [0.15, 0.2) is 54.2 Å². The standard InChI is InChI=1S/C18H17F2N/c19-18(20)9-7-14(8-10-18)12-15-4-3-5-16(13-15)17-6-1-2-11-21-17/h1-6,11-13H,7-10H2. The Labute approximate surface area is 123 Å². The van der Waals surface area contributed by atoms with Crippen LogP contribution in [0.25, 0.3) is 17.3 Å². The molecule has 0 aliphatic heterocycles. The van der Waals surface area contributed by atoms with Gasteiger partial charge < -0.3 is 0 Å². The van der Waals surface area contributed by atoms with Gasteiger partial charge >= 0.3 is 0 Å². The number of rotatable bonds is 2. The van der Waals surface area contributed by atoms with Gasteiger partial charge in [-0.25, -0.2) is 8.78 Å². The van der Waals surface area contributed by atoms with Crippen molar-refractivity contribution in [2.75, 3.05) is 0 Å². The quantitative estimate of drug-likeness (QED) is 0.725. The molecule has 1 saturated carbocycles. The highest BCUT2D eigenvalue weighted by molar-refractivity contribution is 5.65. The van der Waals surface area contributed by atoms with E-state index in [1.807, 2.05) is 42.5 Å². The number of benzene rings is 1. The molecule has 0 N–H and O–H groups in total. The van der Waals surface area contributed by atoms with Crippen LogP contribution in [-0.2, 0) is 0 Å². The third kappa shape index (κ3) is 3.54. The molecule has 1 heterocycles. The zero-order valence-electron chi connectivity index (χ0n) is 11.7. The number of nitrogens with zero attached hydrogens (tertiary/aromatic N) is 1. The first-order chi connectivity index (χ1) is 10.1. The molecule has 0 amide bonds. The van der Waals surface area contributed by atoms with E-state index in [2.05, 4.69) is 11.1 Å². The van der Waals surface area contributed by atoms with Crippen molar-refractivity contribution in [3.8, 4) is 11.3 Å². The van der Waals surface area contributed by atoms with E-state index in [9.17, 15) is 8.78 Å². The topological polar surface area (TPSA) is 12.9 Å². The number of halogens is 2. The summed E-state index contributed by atoms with van der Waals surface area (Å²) in [5, 5.41) is 0. The maximum Gasteiger partial charge on any atom is 0.248 e. The van der Waals surface area contributed by atoms with Gasteiger partial charge in [0.05, 0.1) is 5.69 Å². The first-order valence-electron chi connectivity index (χ1n) is 7.21. The summed E-state index contributed by atoms with van der Waals surface area (Å²) >= 11 is 0. The zero-order valence-corrected chi connectivity index (χ0v) is 11.7. The van der Waals surface area contributed by atoms with E-state index in [0.29, 0.717) is 12.8 Å². The van der Waals surface area contributed by atoms with Crippen molar-refractivity contribution < 1.29 is 8.78 Å². The molecule has 1 fully saturated rings. The molecule has 1 nitrogen and oxygen atoms in total. The second-order valence-corrected chi connectivity index (χ2v) is 5.50. The van der Waals surface area contributed by atoms with E-state index in [-0.39, 0.29) is 12.8 Å². The summed E-state index contributed by atoms with van der Waals surface area (Å²) in [5.74, 6) is -2.48. The van der Waals surface area contributed by atoms with Gasteiger partial charge in [0.1, 0.15) is 0 Å². The second kappa shape index (κ2) is 5.76. The van der Waals surface area contributed by atoms with Crippen LogP contribution in [0.1, 0.15) is 31.2 Å². The van der Waals surface area contributed by atoms with Crippen molar-refractivity contribution in [2.24, 2.45) is 0 Å². The van der Waals surface area contributed by atoms with E-state index in [1.54, 1.807) is 6.20 Å². The first kappa shape index (κ1) is 13.9. The number of allylic oxidation sites excluding steroid dienone is 1. The van der Waals surface area contributed by atoms with Crippen LogP contribution in [0.2, 0.25) is 0 Å². The molecule has 0 atom stereocenters. The van der Waals surface area contributed by atoms with Crippen molar-refractivity contribution >= 4 is 6.08 Å². The molecule has 0 bridgehead atoms. The molecular formula is C18H17F2N. The van der Waals surface area contributed by atoms with Crippen molar-refractivity contribution in [2.45, 2.75) is 31.6 Å². The number of aromatic nitrogens is 1. The first-order valence-corrected chi connectivity index (χ1v) is 7.21. The summed E-state index contributed by atoms with van der Waals surface area (Å²) < 4.78 is 26.3. The molecule has 0 radical (unpaired) electrons. The third-order valence-corrected chi connectivity index (χ3v) is 3.84. The van der Waals surface area contributed by atoms with Crippen LogP contribution in [0.3, 0.4) is 0 Å². The fraction of sp³-hybridized carbons (Fsp3) is 0.278. The van der Waals surface area contributed by atoms with E-state index in [0.717, 1.165) is 22.4 Å². The average Bonchev–Trinajstić information content (AvgIpc) is 2.51. The van der Waals surface area contributed by atoms with Crippen LogP contribution in [-0.4, -0.2) is 10.9 Å². The predicted molar refractivity (Wildman–Crippen MR) is 81.1 cm³/mol. The Balaban J connectivity index is 1.81. The summed E-state index contributed by atoms with van der Waals surface area (Å²) in [6.45, 7) is 0. The van der Waals surface area contributed by atoms with Crippen molar-refractivity contribution in [1.82, 2.24) is 4.98 Å². The van der Waals surface area contributed by atoms with Crippen LogP contribution in [0, 0.1) is 0 Å². The Morgan fingerprint density at radius 1 is 1.00 bits per heavy atom. The molecule has 3 rings (SSSR count). The van der Waals surface area contributed by atoms with Gasteiger partial charge in [0.2, 0.25) is 5.92 Å². The van der Waals surface area contributed by atoms with Gasteiger partial charge in [0, 0.05) is 24.6 Å². The molecule has 0 spiro atoms. The van der Waals surface area contributed by atoms with Crippen molar-refractivity contribution in [1.29, 1.82) is 0 Å². The van der Waals surface area contributed by atoms with E-state index < -0.39 is 5.92 Å². The minimum absolute atomic E-state index is 0.0290. The molecular weight excluding hydrogens is 268 g/mol. The number of hydrogen-bond donors (Lipinski definition) is 0. The number of pyridine rings is 1. The van der Waals surface area contributed by atoms with Crippen LogP contribution >= 0.6 is 0 Å². The lowest BCUT2D eigenvalue weighted by molar-refractivity contribution is -0.0243. The molecule has 1 aliphatic rings. The second-order valence-electron chi connectivity index (χ2n) is 5.50. The van der Waals surface area contributed by atoms with Gasteiger partial charge in [-0.1, -0.05) is 35.9 Å². The normalized spacial score (nSPS) is 17.5. The summed E-state index contributed by atoms with van der Waals surface area (Å²) in [4.78, 5) is 4.34. The highest BCUT2D eigenvalue weighted by Gasteiger charge is 2.32. The Hall–Kier alpha value is -2.03. The highest BCUT2D eigenvalue weighted by atomic mass is 19.3. The van der Waals surface area contributed by atoms with Crippen LogP contribution < -0.4 is 0 Å². The monoisotopic (exact) mass is 285 g/mol. The molecule has 1 aliphatic carbocycles. The number of alkyl halides is 2. The highest BCUT2D eigenvalue weighted by Crippen LogP contribution is 2.36. The molecule has 0 saturated heterocycles. The summed E-state index contributed by atoms with van der Waals surface area (Å²) in [5.41, 5.74) is 4.14. The van der Waals surface area contributed by atoms with E-state index in [1.165, 1.54) is 0 Å². The smallest absolute Gasteiger partial charge is 0.248 e. The summed E-state index contributed by atoms with van der Waals surface area (Å²) in [6, 6.07) is 13.9. The minimum Gasteiger partial charge on any atom is -0.256 e. The third-order valence-electron chi connectivity index (χ3n) is 3.84. The molecule has 3 heteroatoms. The average molecular weight is 285 g/mol. The maximum absolute atomic E-state index is 13.2. The van der Waals surface area contributed by atoms with Gasteiger partial charge in [0.15, 0.2) is 0 Å². The number of hydrogen-bond acceptors (Lipinski definition) is 1. The summed E-state index contributed by atoms with van der Waals surface area (Å²) in [6.07, 6.45) is 4.73. The van der Waals surface area contributed by atoms with Gasteiger partial charge in [-0.2, -0.15) is 0 Å². The Bertz CT molecular complexity index is 635. The fourth-order valence-electron chi connectivity index (χ4n) is 2.64. The van der Waals surface area contributed by atoms with Crippen molar-refractivity contribution in [3.05, 3.63) is 59.8 Å². The maximum atomic E-state index is 13.2. The van der Waals surface area contributed by atoms with Gasteiger partial charge in [-0.05, 0) is 36.6 Å². The Morgan fingerprint density at radius 2 is 1.81 bits per heavy atom. The largest absolute Gasteiger partial charge is 0.256 e. The molecule has 2 aromatic rings. The molecule has 108 valence electrons. The molecule has 1 aromatic carbocycles. The van der Waals surface area contributed by atoms with Crippen molar-refractivity contribution in [3.63, 3.8) is 0 Å². The van der Waals surface area contributed by atoms with E-state index >= 15 is 0 Å². The van der Waals surface area contributed by atoms with Crippen LogP contribution in [0.5, 0.6) is 0 Å². The fourth-order valence-corrected chi connectivity index (χ4v) is 2.64. The SMILES string of the molecule is FC1(F)CCC(=Cc2cccc(-c3ccccn3)c2)CC1. The molecule has 21 heavy (non-hydrogen) atoms. The Kier molecular flexibility index (Phi) is 3.82. The van der Waals surface area contributed by atoms with Gasteiger partial charge in [0.25, 0.3) is 0 Å². The molecule has 0 unspecified atom stereocenters. The van der Waals surface area contributed by atoms with Gasteiger partial charge in [-0.15, -0.1) is 0 Å². The zero-order chi connectivity index (χ0) is 14.7. The van der Waals surface area contributed by atoms with E-state index in [4.69, 9.17) is 0 Å². The minimum atomic E-state index is -2.48.